The van der Waals surface area contributed by atoms with Crippen LogP contribution in [0.2, 0.25) is 0 Å². The van der Waals surface area contributed by atoms with E-state index < -0.39 is 0 Å². The molecule has 2 atom stereocenters. The van der Waals surface area contributed by atoms with Crippen LogP contribution in [0, 0.1) is 0 Å². The van der Waals surface area contributed by atoms with E-state index >= 15 is 0 Å². The third-order valence-corrected chi connectivity index (χ3v) is 5.72. The first-order chi connectivity index (χ1) is 10.0. The Hall–Kier alpha value is -0.810. The van der Waals surface area contributed by atoms with Crippen LogP contribution in [0.15, 0.2) is 0 Å². The van der Waals surface area contributed by atoms with E-state index in [1.165, 1.54) is 25.7 Å². The van der Waals surface area contributed by atoms with Gasteiger partial charge in [-0.3, -0.25) is 0 Å². The average molecular weight is 294 g/mol. The van der Waals surface area contributed by atoms with Crippen molar-refractivity contribution in [3.8, 4) is 0 Å². The van der Waals surface area contributed by atoms with Gasteiger partial charge in [0.25, 0.3) is 0 Å². The maximum atomic E-state index is 12.0. The topological polar surface area (TPSA) is 38.8 Å². The van der Waals surface area contributed by atoms with Gasteiger partial charge in [0.05, 0.1) is 0 Å². The minimum absolute atomic E-state index is 0.163. The van der Waals surface area contributed by atoms with Crippen molar-refractivity contribution in [2.75, 3.05) is 34.2 Å². The molecular weight excluding hydrogens is 264 g/mol. The molecule has 21 heavy (non-hydrogen) atoms. The summed E-state index contributed by atoms with van der Waals surface area (Å²) in [5.41, 5.74) is 0. The van der Waals surface area contributed by atoms with Gasteiger partial charge in [-0.2, -0.15) is 0 Å². The Morgan fingerprint density at radius 2 is 1.52 bits per heavy atom. The number of piperidine rings is 2. The fourth-order valence-corrected chi connectivity index (χ4v) is 4.41. The molecule has 1 N–H and O–H groups in total. The van der Waals surface area contributed by atoms with Crippen LogP contribution in [0.5, 0.6) is 0 Å². The number of carbonyl (C=O) groups is 1. The van der Waals surface area contributed by atoms with Crippen molar-refractivity contribution in [2.24, 2.45) is 0 Å². The van der Waals surface area contributed by atoms with Gasteiger partial charge in [0.2, 0.25) is 0 Å². The van der Waals surface area contributed by atoms with E-state index in [4.69, 9.17) is 0 Å². The minimum atomic E-state index is 0.163. The van der Waals surface area contributed by atoms with Gasteiger partial charge < -0.3 is 20.0 Å². The number of hydrogen-bond donors (Lipinski definition) is 1. The van der Waals surface area contributed by atoms with E-state index in [1.807, 2.05) is 19.0 Å². The molecule has 2 unspecified atom stereocenters. The van der Waals surface area contributed by atoms with E-state index in [0.29, 0.717) is 6.04 Å². The summed E-state index contributed by atoms with van der Waals surface area (Å²) in [6.07, 6.45) is 7.59. The highest BCUT2D eigenvalue weighted by atomic mass is 16.2. The molecule has 3 fully saturated rings. The highest BCUT2D eigenvalue weighted by Gasteiger charge is 2.37. The van der Waals surface area contributed by atoms with E-state index in [-0.39, 0.29) is 6.03 Å². The first kappa shape index (κ1) is 15.1. The number of rotatable bonds is 2. The Bertz CT molecular complexity index is 366. The first-order valence-electron chi connectivity index (χ1n) is 8.49. The number of likely N-dealkylation sites (tertiary alicyclic amines) is 1. The summed E-state index contributed by atoms with van der Waals surface area (Å²) < 4.78 is 0. The molecule has 2 amide bonds. The van der Waals surface area contributed by atoms with Crippen LogP contribution < -0.4 is 5.32 Å². The van der Waals surface area contributed by atoms with Gasteiger partial charge in [0, 0.05) is 51.4 Å². The molecular formula is C16H30N4O. The number of hydrogen-bond acceptors (Lipinski definition) is 3. The third kappa shape index (κ3) is 3.19. The molecule has 3 saturated heterocycles. The lowest BCUT2D eigenvalue weighted by atomic mass is 9.94. The maximum absolute atomic E-state index is 12.0. The van der Waals surface area contributed by atoms with Crippen molar-refractivity contribution in [1.29, 1.82) is 0 Å². The van der Waals surface area contributed by atoms with Gasteiger partial charge in [0.1, 0.15) is 0 Å². The van der Waals surface area contributed by atoms with Crippen molar-refractivity contribution >= 4 is 6.03 Å². The second kappa shape index (κ2) is 6.13. The Kier molecular flexibility index (Phi) is 4.41. The summed E-state index contributed by atoms with van der Waals surface area (Å²) in [5, 5.41) is 3.73. The zero-order chi connectivity index (χ0) is 15.0. The Morgan fingerprint density at radius 3 is 2.05 bits per heavy atom. The summed E-state index contributed by atoms with van der Waals surface area (Å²) in [7, 11) is 5.99. The first-order valence-corrected chi connectivity index (χ1v) is 8.49. The molecule has 5 heteroatoms. The van der Waals surface area contributed by atoms with Crippen LogP contribution in [0.1, 0.15) is 38.5 Å². The summed E-state index contributed by atoms with van der Waals surface area (Å²) in [4.78, 5) is 18.3. The van der Waals surface area contributed by atoms with E-state index in [0.717, 1.165) is 44.1 Å². The van der Waals surface area contributed by atoms with E-state index in [9.17, 15) is 4.79 Å². The van der Waals surface area contributed by atoms with Crippen molar-refractivity contribution in [2.45, 2.75) is 62.7 Å². The number of carbonyl (C=O) groups excluding carboxylic acids is 1. The second-order valence-corrected chi connectivity index (χ2v) is 7.32. The highest BCUT2D eigenvalue weighted by Crippen LogP contribution is 2.31. The minimum Gasteiger partial charge on any atom is -0.331 e. The number of nitrogens with one attached hydrogen (secondary N) is 1. The Labute approximate surface area is 128 Å². The molecule has 0 aliphatic carbocycles. The Morgan fingerprint density at radius 1 is 0.952 bits per heavy atom. The van der Waals surface area contributed by atoms with Crippen LogP contribution in [-0.4, -0.2) is 79.1 Å². The standard InChI is InChI=1S/C16H30N4O/c1-18(2)16(21)20-8-6-14(7-9-20)19(3)15-10-12-4-5-13(11-15)17-12/h12-15,17H,4-11H2,1-3H3. The zero-order valence-corrected chi connectivity index (χ0v) is 13.7. The van der Waals surface area contributed by atoms with Crippen molar-refractivity contribution in [3.63, 3.8) is 0 Å². The summed E-state index contributed by atoms with van der Waals surface area (Å²) in [5.74, 6) is 0. The van der Waals surface area contributed by atoms with E-state index in [2.05, 4.69) is 17.3 Å². The van der Waals surface area contributed by atoms with Gasteiger partial charge in [0.15, 0.2) is 0 Å². The van der Waals surface area contributed by atoms with Gasteiger partial charge >= 0.3 is 6.03 Å². The zero-order valence-electron chi connectivity index (χ0n) is 13.7. The molecule has 0 radical (unpaired) electrons. The maximum Gasteiger partial charge on any atom is 0.319 e. The molecule has 0 aromatic heterocycles. The molecule has 120 valence electrons. The van der Waals surface area contributed by atoms with Gasteiger partial charge in [-0.25, -0.2) is 4.79 Å². The van der Waals surface area contributed by atoms with Crippen LogP contribution in [0.4, 0.5) is 4.79 Å². The number of nitrogens with zero attached hydrogens (tertiary/aromatic N) is 3. The largest absolute Gasteiger partial charge is 0.331 e. The summed E-state index contributed by atoms with van der Waals surface area (Å²) in [6, 6.07) is 3.07. The SMILES string of the molecule is CN(C)C(=O)N1CCC(N(C)C2CC3CCC(C2)N3)CC1. The van der Waals surface area contributed by atoms with Gasteiger partial charge in [-0.15, -0.1) is 0 Å². The smallest absolute Gasteiger partial charge is 0.319 e. The molecule has 3 aliphatic rings. The molecule has 3 heterocycles. The number of fused-ring (bicyclic) bond motifs is 2. The third-order valence-electron chi connectivity index (χ3n) is 5.72. The normalized spacial score (nSPS) is 33.5. The average Bonchev–Trinajstić information content (AvgIpc) is 2.84. The van der Waals surface area contributed by atoms with Crippen molar-refractivity contribution in [1.82, 2.24) is 20.0 Å². The lowest BCUT2D eigenvalue weighted by Gasteiger charge is -2.43. The molecule has 3 rings (SSSR count). The monoisotopic (exact) mass is 294 g/mol. The molecule has 0 spiro atoms. The number of urea groups is 1. The van der Waals surface area contributed by atoms with Crippen LogP contribution >= 0.6 is 0 Å². The molecule has 2 bridgehead atoms. The predicted octanol–water partition coefficient (Wildman–Crippen LogP) is 1.35. The molecule has 0 saturated carbocycles. The van der Waals surface area contributed by atoms with Gasteiger partial charge in [-0.1, -0.05) is 0 Å². The molecule has 0 aromatic rings. The summed E-state index contributed by atoms with van der Waals surface area (Å²) >= 11 is 0. The highest BCUT2D eigenvalue weighted by molar-refractivity contribution is 5.73. The van der Waals surface area contributed by atoms with Crippen LogP contribution in [0.3, 0.4) is 0 Å². The molecule has 3 aliphatic heterocycles. The second-order valence-electron chi connectivity index (χ2n) is 7.32. The fourth-order valence-electron chi connectivity index (χ4n) is 4.41. The van der Waals surface area contributed by atoms with E-state index in [1.54, 1.807) is 4.90 Å². The fraction of sp³-hybridized carbons (Fsp3) is 0.938. The van der Waals surface area contributed by atoms with Crippen molar-refractivity contribution < 1.29 is 4.79 Å². The number of amides is 2. The summed E-state index contributed by atoms with van der Waals surface area (Å²) in [6.45, 7) is 1.81. The predicted molar refractivity (Wildman–Crippen MR) is 84.4 cm³/mol. The molecule has 0 aromatic carbocycles. The van der Waals surface area contributed by atoms with Gasteiger partial charge in [-0.05, 0) is 45.6 Å². The Balaban J connectivity index is 1.51. The lowest BCUT2D eigenvalue weighted by molar-refractivity contribution is 0.0772. The van der Waals surface area contributed by atoms with Crippen LogP contribution in [-0.2, 0) is 0 Å². The van der Waals surface area contributed by atoms with Crippen molar-refractivity contribution in [3.05, 3.63) is 0 Å². The lowest BCUT2D eigenvalue weighted by Crippen LogP contribution is -2.53. The van der Waals surface area contributed by atoms with Crippen LogP contribution in [0.25, 0.3) is 0 Å². The molecule has 5 nitrogen and oxygen atoms in total. The quantitative estimate of drug-likeness (QED) is 0.835.